The first-order chi connectivity index (χ1) is 7.35. The topological polar surface area (TPSA) is 35.5 Å². The zero-order valence-corrected chi connectivity index (χ0v) is 9.67. The SMILES string of the molecule is OCCC1(CNCCN2CCCC2)CC1. The van der Waals surface area contributed by atoms with Crippen molar-refractivity contribution < 1.29 is 5.11 Å². The molecule has 1 saturated heterocycles. The van der Waals surface area contributed by atoms with Gasteiger partial charge in [0, 0.05) is 26.2 Å². The highest BCUT2D eigenvalue weighted by Gasteiger charge is 2.41. The zero-order valence-electron chi connectivity index (χ0n) is 9.67. The van der Waals surface area contributed by atoms with Crippen molar-refractivity contribution in [3.63, 3.8) is 0 Å². The second-order valence-corrected chi connectivity index (χ2v) is 5.20. The molecule has 15 heavy (non-hydrogen) atoms. The Bertz CT molecular complexity index is 186. The summed E-state index contributed by atoms with van der Waals surface area (Å²) in [7, 11) is 0. The highest BCUT2D eigenvalue weighted by molar-refractivity contribution is 4.94. The Kier molecular flexibility index (Phi) is 4.00. The molecule has 2 rings (SSSR count). The van der Waals surface area contributed by atoms with Gasteiger partial charge >= 0.3 is 0 Å². The third-order valence-corrected chi connectivity index (χ3v) is 3.90. The molecule has 1 aliphatic carbocycles. The van der Waals surface area contributed by atoms with E-state index in [4.69, 9.17) is 5.11 Å². The minimum Gasteiger partial charge on any atom is -0.396 e. The summed E-state index contributed by atoms with van der Waals surface area (Å²) in [4.78, 5) is 2.54. The largest absolute Gasteiger partial charge is 0.396 e. The maximum atomic E-state index is 8.94. The van der Waals surface area contributed by atoms with Crippen molar-refractivity contribution in [3.8, 4) is 0 Å². The Labute approximate surface area is 92.8 Å². The van der Waals surface area contributed by atoms with Crippen molar-refractivity contribution in [2.75, 3.05) is 39.3 Å². The summed E-state index contributed by atoms with van der Waals surface area (Å²) in [5.74, 6) is 0. The molecule has 0 bridgehead atoms. The van der Waals surface area contributed by atoms with Crippen LogP contribution in [-0.4, -0.2) is 49.3 Å². The fourth-order valence-electron chi connectivity index (χ4n) is 2.53. The fourth-order valence-corrected chi connectivity index (χ4v) is 2.53. The van der Waals surface area contributed by atoms with Crippen LogP contribution in [0.15, 0.2) is 0 Å². The molecule has 0 aromatic rings. The smallest absolute Gasteiger partial charge is 0.0436 e. The lowest BCUT2D eigenvalue weighted by molar-refractivity contribution is 0.243. The van der Waals surface area contributed by atoms with Gasteiger partial charge in [0.15, 0.2) is 0 Å². The molecular formula is C12H24N2O. The molecule has 0 amide bonds. The van der Waals surface area contributed by atoms with Gasteiger partial charge in [0.1, 0.15) is 0 Å². The molecule has 0 aromatic carbocycles. The quantitative estimate of drug-likeness (QED) is 0.614. The molecule has 2 fully saturated rings. The second-order valence-electron chi connectivity index (χ2n) is 5.20. The Morgan fingerprint density at radius 2 is 1.93 bits per heavy atom. The van der Waals surface area contributed by atoms with Crippen LogP contribution in [0.25, 0.3) is 0 Å². The summed E-state index contributed by atoms with van der Waals surface area (Å²) in [5, 5.41) is 12.5. The molecule has 0 spiro atoms. The number of hydrogen-bond acceptors (Lipinski definition) is 3. The van der Waals surface area contributed by atoms with E-state index in [0.29, 0.717) is 12.0 Å². The van der Waals surface area contributed by atoms with Crippen molar-refractivity contribution >= 4 is 0 Å². The van der Waals surface area contributed by atoms with E-state index in [1.54, 1.807) is 0 Å². The first kappa shape index (κ1) is 11.4. The third-order valence-electron chi connectivity index (χ3n) is 3.90. The lowest BCUT2D eigenvalue weighted by atomic mass is 10.0. The lowest BCUT2D eigenvalue weighted by Gasteiger charge is -2.18. The number of likely N-dealkylation sites (tertiary alicyclic amines) is 1. The molecule has 2 aliphatic rings. The van der Waals surface area contributed by atoms with Crippen molar-refractivity contribution in [2.45, 2.75) is 32.1 Å². The van der Waals surface area contributed by atoms with Crippen LogP contribution in [0, 0.1) is 5.41 Å². The van der Waals surface area contributed by atoms with E-state index < -0.39 is 0 Å². The average Bonchev–Trinajstić information content (AvgIpc) is 2.80. The standard InChI is InChI=1S/C12H24N2O/c15-10-5-12(3-4-12)11-13-6-9-14-7-1-2-8-14/h13,15H,1-11H2. The predicted molar refractivity (Wildman–Crippen MR) is 61.9 cm³/mol. The normalized spacial score (nSPS) is 24.6. The van der Waals surface area contributed by atoms with Crippen molar-refractivity contribution in [2.24, 2.45) is 5.41 Å². The van der Waals surface area contributed by atoms with Gasteiger partial charge in [0.2, 0.25) is 0 Å². The Morgan fingerprint density at radius 3 is 2.53 bits per heavy atom. The van der Waals surface area contributed by atoms with Crippen molar-refractivity contribution in [1.82, 2.24) is 10.2 Å². The molecule has 0 radical (unpaired) electrons. The number of aliphatic hydroxyl groups excluding tert-OH is 1. The van der Waals surface area contributed by atoms with E-state index in [1.807, 2.05) is 0 Å². The van der Waals surface area contributed by atoms with Crippen LogP contribution in [-0.2, 0) is 0 Å². The number of nitrogens with one attached hydrogen (secondary N) is 1. The molecule has 1 saturated carbocycles. The molecular weight excluding hydrogens is 188 g/mol. The Morgan fingerprint density at radius 1 is 1.20 bits per heavy atom. The van der Waals surface area contributed by atoms with E-state index in [-0.39, 0.29) is 0 Å². The van der Waals surface area contributed by atoms with Crippen LogP contribution in [0.1, 0.15) is 32.1 Å². The Hall–Kier alpha value is -0.120. The highest BCUT2D eigenvalue weighted by Crippen LogP contribution is 2.47. The van der Waals surface area contributed by atoms with E-state index in [2.05, 4.69) is 10.2 Å². The average molecular weight is 212 g/mol. The van der Waals surface area contributed by atoms with Gasteiger partial charge in [-0.3, -0.25) is 0 Å². The van der Waals surface area contributed by atoms with Gasteiger partial charge in [-0.15, -0.1) is 0 Å². The number of rotatable bonds is 7. The van der Waals surface area contributed by atoms with Crippen LogP contribution in [0.2, 0.25) is 0 Å². The first-order valence-corrected chi connectivity index (χ1v) is 6.39. The Balaban J connectivity index is 1.51. The monoisotopic (exact) mass is 212 g/mol. The third kappa shape index (κ3) is 3.44. The van der Waals surface area contributed by atoms with E-state index >= 15 is 0 Å². The van der Waals surface area contributed by atoms with Gasteiger partial charge in [-0.05, 0) is 50.6 Å². The molecule has 1 aliphatic heterocycles. The van der Waals surface area contributed by atoms with Crippen molar-refractivity contribution in [1.29, 1.82) is 0 Å². The minimum atomic E-state index is 0.355. The molecule has 88 valence electrons. The number of hydrogen-bond donors (Lipinski definition) is 2. The molecule has 3 nitrogen and oxygen atoms in total. The lowest BCUT2D eigenvalue weighted by Crippen LogP contribution is -2.33. The summed E-state index contributed by atoms with van der Waals surface area (Å²) < 4.78 is 0. The summed E-state index contributed by atoms with van der Waals surface area (Å²) in [6.07, 6.45) is 6.38. The molecule has 1 heterocycles. The van der Waals surface area contributed by atoms with E-state index in [1.165, 1.54) is 45.3 Å². The second kappa shape index (κ2) is 5.28. The molecule has 2 N–H and O–H groups in total. The van der Waals surface area contributed by atoms with Gasteiger partial charge in [-0.25, -0.2) is 0 Å². The van der Waals surface area contributed by atoms with Gasteiger partial charge < -0.3 is 15.3 Å². The van der Waals surface area contributed by atoms with Crippen LogP contribution in [0.3, 0.4) is 0 Å². The first-order valence-electron chi connectivity index (χ1n) is 6.39. The van der Waals surface area contributed by atoms with Crippen LogP contribution in [0.5, 0.6) is 0 Å². The maximum absolute atomic E-state index is 8.94. The number of aliphatic hydroxyl groups is 1. The van der Waals surface area contributed by atoms with E-state index in [9.17, 15) is 0 Å². The van der Waals surface area contributed by atoms with Crippen LogP contribution < -0.4 is 5.32 Å². The molecule has 0 aromatic heterocycles. The van der Waals surface area contributed by atoms with E-state index in [0.717, 1.165) is 19.5 Å². The maximum Gasteiger partial charge on any atom is 0.0436 e. The zero-order chi connectivity index (χ0) is 10.6. The predicted octanol–water partition coefficient (Wildman–Crippen LogP) is 0.834. The summed E-state index contributed by atoms with van der Waals surface area (Å²) >= 11 is 0. The summed E-state index contributed by atoms with van der Waals surface area (Å²) in [5.41, 5.74) is 0.472. The highest BCUT2D eigenvalue weighted by atomic mass is 16.3. The van der Waals surface area contributed by atoms with Gasteiger partial charge in [-0.1, -0.05) is 0 Å². The molecule has 0 unspecified atom stereocenters. The summed E-state index contributed by atoms with van der Waals surface area (Å²) in [6.45, 7) is 6.38. The van der Waals surface area contributed by atoms with Gasteiger partial charge in [0.25, 0.3) is 0 Å². The van der Waals surface area contributed by atoms with Gasteiger partial charge in [-0.2, -0.15) is 0 Å². The number of nitrogens with zero attached hydrogens (tertiary/aromatic N) is 1. The fraction of sp³-hybridized carbons (Fsp3) is 1.00. The van der Waals surface area contributed by atoms with Crippen molar-refractivity contribution in [3.05, 3.63) is 0 Å². The van der Waals surface area contributed by atoms with Crippen LogP contribution in [0.4, 0.5) is 0 Å². The minimum absolute atomic E-state index is 0.355. The summed E-state index contributed by atoms with van der Waals surface area (Å²) in [6, 6.07) is 0. The molecule has 3 heteroatoms. The van der Waals surface area contributed by atoms with Gasteiger partial charge in [0.05, 0.1) is 0 Å². The van der Waals surface area contributed by atoms with Crippen LogP contribution >= 0.6 is 0 Å². The molecule has 0 atom stereocenters.